The van der Waals surface area contributed by atoms with Gasteiger partial charge in [0.05, 0.1) is 13.0 Å². The molecule has 0 aromatic heterocycles. The van der Waals surface area contributed by atoms with Crippen LogP contribution in [0.5, 0.6) is 0 Å². The fraction of sp³-hybridized carbons (Fsp3) is 0.600. The van der Waals surface area contributed by atoms with Gasteiger partial charge in [0.15, 0.2) is 0 Å². The van der Waals surface area contributed by atoms with E-state index in [1.54, 1.807) is 6.92 Å². The molecule has 0 rings (SSSR count). The minimum atomic E-state index is -0.734. The van der Waals surface area contributed by atoms with Gasteiger partial charge in [0.1, 0.15) is 12.1 Å². The van der Waals surface area contributed by atoms with Crippen molar-refractivity contribution in [3.63, 3.8) is 0 Å². The molecule has 0 radical (unpaired) electrons. The molecule has 6 nitrogen and oxygen atoms in total. The van der Waals surface area contributed by atoms with Crippen LogP contribution in [0.3, 0.4) is 0 Å². The molecule has 7 heteroatoms. The smallest absolute Gasteiger partial charge is 0.467 e. The van der Waals surface area contributed by atoms with Crippen LogP contribution in [0, 0.1) is 6.42 Å². The van der Waals surface area contributed by atoms with E-state index in [-0.39, 0.29) is 38.6 Å². The van der Waals surface area contributed by atoms with Crippen molar-refractivity contribution in [3.05, 3.63) is 6.42 Å². The molecule has 0 heterocycles. The molecule has 0 aliphatic heterocycles. The average Bonchev–Trinajstić information content (AvgIpc) is 2.27. The van der Waals surface area contributed by atoms with Crippen molar-refractivity contribution in [2.75, 3.05) is 7.11 Å². The summed E-state index contributed by atoms with van der Waals surface area (Å²) in [4.78, 5) is 33.5. The third-order valence-corrected chi connectivity index (χ3v) is 1.93. The Bertz CT molecular complexity index is 283. The molecule has 0 aliphatic rings. The fourth-order valence-electron chi connectivity index (χ4n) is 0.936. The molecular formula is C10H17N2O4Y+2. The van der Waals surface area contributed by atoms with Crippen LogP contribution in [-0.4, -0.2) is 37.0 Å². The minimum Gasteiger partial charge on any atom is -0.467 e. The predicted octanol–water partition coefficient (Wildman–Crippen LogP) is -0.610. The first-order valence-electron chi connectivity index (χ1n) is 4.90. The van der Waals surface area contributed by atoms with Gasteiger partial charge in [0, 0.05) is 0 Å². The van der Waals surface area contributed by atoms with Crippen molar-refractivity contribution in [1.82, 2.24) is 10.6 Å². The zero-order valence-corrected chi connectivity index (χ0v) is 13.3. The van der Waals surface area contributed by atoms with Crippen LogP contribution in [0.4, 0.5) is 0 Å². The van der Waals surface area contributed by atoms with E-state index in [4.69, 9.17) is 0 Å². The number of nitrogens with one attached hydrogen (secondary N) is 2. The van der Waals surface area contributed by atoms with Gasteiger partial charge in [-0.3, -0.25) is 4.79 Å². The van der Waals surface area contributed by atoms with E-state index < -0.39 is 24.0 Å². The van der Waals surface area contributed by atoms with Crippen LogP contribution in [-0.2, 0) is 51.8 Å². The van der Waals surface area contributed by atoms with Gasteiger partial charge in [-0.2, -0.15) is 6.92 Å². The summed E-state index contributed by atoms with van der Waals surface area (Å²) in [6.07, 6.45) is 1.31. The molecule has 2 amide bonds. The molecule has 92 valence electrons. The molecule has 2 unspecified atom stereocenters. The Kier molecular flexibility index (Phi) is 10.4. The monoisotopic (exact) mass is 318 g/mol. The molecule has 17 heavy (non-hydrogen) atoms. The van der Waals surface area contributed by atoms with E-state index in [9.17, 15) is 14.4 Å². The van der Waals surface area contributed by atoms with Gasteiger partial charge in [-0.25, -0.2) is 4.79 Å². The third kappa shape index (κ3) is 7.33. The second kappa shape index (κ2) is 9.42. The van der Waals surface area contributed by atoms with Gasteiger partial charge in [-0.15, -0.1) is 0 Å². The van der Waals surface area contributed by atoms with E-state index >= 15 is 0 Å². The summed E-state index contributed by atoms with van der Waals surface area (Å²) in [5.41, 5.74) is 0. The molecule has 0 fully saturated rings. The van der Waals surface area contributed by atoms with Crippen molar-refractivity contribution in [1.29, 1.82) is 0 Å². The molecule has 0 saturated carbocycles. The Morgan fingerprint density at radius 3 is 2.06 bits per heavy atom. The third-order valence-electron chi connectivity index (χ3n) is 1.93. The van der Waals surface area contributed by atoms with Gasteiger partial charge >= 0.3 is 38.7 Å². The number of amides is 2. The quantitative estimate of drug-likeness (QED) is 0.523. The molecule has 2 atom stereocenters. The van der Waals surface area contributed by atoms with Gasteiger partial charge in [-0.1, -0.05) is 0 Å². The van der Waals surface area contributed by atoms with Crippen molar-refractivity contribution in [2.45, 2.75) is 32.9 Å². The molecule has 0 saturated heterocycles. The number of carbonyl (C=O) groups is 3. The Morgan fingerprint density at radius 2 is 1.65 bits per heavy atom. The van der Waals surface area contributed by atoms with Crippen LogP contribution in [0.2, 0.25) is 0 Å². The Labute approximate surface area is 126 Å². The van der Waals surface area contributed by atoms with Crippen LogP contribution in [0.1, 0.15) is 20.8 Å². The van der Waals surface area contributed by atoms with Crippen molar-refractivity contribution < 1.29 is 51.8 Å². The Balaban J connectivity index is 0. The zero-order valence-electron chi connectivity index (χ0n) is 10.4. The average molecular weight is 318 g/mol. The van der Waals surface area contributed by atoms with E-state index in [2.05, 4.69) is 15.4 Å². The van der Waals surface area contributed by atoms with Crippen LogP contribution in [0.25, 0.3) is 0 Å². The van der Waals surface area contributed by atoms with Crippen molar-refractivity contribution >= 4 is 17.8 Å². The predicted molar refractivity (Wildman–Crippen MR) is 57.2 cm³/mol. The standard InChI is InChI=1S/C10H17N2O4.Y/c1-5-8(13)11-6(2)9(14)12-7(3)10(15)16-4;/h5-7H,1-4H3,(H,11,13)(H,12,14);/q-1;+3. The number of rotatable bonds is 5. The fourth-order valence-corrected chi connectivity index (χ4v) is 0.936. The molecule has 2 N–H and O–H groups in total. The molecular weight excluding hydrogens is 301 g/mol. The van der Waals surface area contributed by atoms with Gasteiger partial charge in [-0.05, 0) is 13.8 Å². The van der Waals surface area contributed by atoms with E-state index in [0.29, 0.717) is 0 Å². The second-order valence-electron chi connectivity index (χ2n) is 3.27. The van der Waals surface area contributed by atoms with Crippen molar-refractivity contribution in [2.24, 2.45) is 0 Å². The second-order valence-corrected chi connectivity index (χ2v) is 3.27. The zero-order chi connectivity index (χ0) is 12.7. The summed E-state index contributed by atoms with van der Waals surface area (Å²) < 4.78 is 4.45. The van der Waals surface area contributed by atoms with Gasteiger partial charge < -0.3 is 26.6 Å². The summed E-state index contributed by atoms with van der Waals surface area (Å²) in [5, 5.41) is 4.85. The number of hydrogen-bond acceptors (Lipinski definition) is 4. The first-order chi connectivity index (χ1) is 7.42. The number of hydrogen-bond donors (Lipinski definition) is 2. The summed E-state index contributed by atoms with van der Waals surface area (Å²) >= 11 is 0. The summed E-state index contributed by atoms with van der Waals surface area (Å²) in [6, 6.07) is -1.43. The summed E-state index contributed by atoms with van der Waals surface area (Å²) in [5.74, 6) is -1.31. The van der Waals surface area contributed by atoms with Gasteiger partial charge in [0.2, 0.25) is 5.91 Å². The molecule has 0 spiro atoms. The normalized spacial score (nSPS) is 12.5. The maximum Gasteiger partial charge on any atom is 3.00 e. The van der Waals surface area contributed by atoms with E-state index in [0.717, 1.165) is 0 Å². The van der Waals surface area contributed by atoms with Gasteiger partial charge in [0.25, 0.3) is 0 Å². The number of carbonyl (C=O) groups excluding carboxylic acids is 3. The molecule has 0 aromatic carbocycles. The molecule has 0 bridgehead atoms. The SMILES string of the molecule is C[CH-]C(=O)NC(C)C(=O)NC(C)C(=O)OC.[Y+3]. The largest absolute Gasteiger partial charge is 3.00 e. The minimum absolute atomic E-state index is 0. The maximum absolute atomic E-state index is 11.5. The summed E-state index contributed by atoms with van der Waals surface area (Å²) in [7, 11) is 1.24. The van der Waals surface area contributed by atoms with Crippen LogP contribution < -0.4 is 10.6 Å². The number of esters is 1. The van der Waals surface area contributed by atoms with Crippen LogP contribution >= 0.6 is 0 Å². The van der Waals surface area contributed by atoms with Crippen LogP contribution in [0.15, 0.2) is 0 Å². The molecule has 0 aliphatic carbocycles. The van der Waals surface area contributed by atoms with E-state index in [1.165, 1.54) is 27.4 Å². The maximum atomic E-state index is 11.5. The van der Waals surface area contributed by atoms with Crippen molar-refractivity contribution in [3.8, 4) is 0 Å². The Morgan fingerprint density at radius 1 is 1.12 bits per heavy atom. The number of ether oxygens (including phenoxy) is 1. The number of methoxy groups -OCH3 is 1. The first kappa shape index (κ1) is 18.7. The summed E-state index contributed by atoms with van der Waals surface area (Å²) in [6.45, 7) is 4.60. The topological polar surface area (TPSA) is 84.5 Å². The Hall–Kier alpha value is -0.616. The molecule has 0 aromatic rings. The van der Waals surface area contributed by atoms with E-state index in [1.807, 2.05) is 0 Å². The first-order valence-corrected chi connectivity index (χ1v) is 4.90.